The molecular weight excluding hydrogens is 1640 g/mol. The van der Waals surface area contributed by atoms with Gasteiger partial charge in [-0.05, 0) is 94.6 Å². The van der Waals surface area contributed by atoms with Gasteiger partial charge in [-0.1, -0.05) is 60.7 Å². The Balaban J connectivity index is 1.10. The lowest BCUT2D eigenvalue weighted by Gasteiger charge is -2.33. The van der Waals surface area contributed by atoms with Crippen LogP contribution < -0.4 is 91.2 Å². The second-order valence-corrected chi connectivity index (χ2v) is 31.1. The molecule has 0 spiro atoms. The van der Waals surface area contributed by atoms with E-state index in [4.69, 9.17) is 11.5 Å². The Morgan fingerprint density at radius 1 is 0.384 bits per heavy atom. The van der Waals surface area contributed by atoms with Crippen molar-refractivity contribution in [2.75, 3.05) is 118 Å². The number of nitrogens with one attached hydrogen (secondary N) is 15. The molecule has 2 aromatic rings. The van der Waals surface area contributed by atoms with Crippen LogP contribution in [0.4, 0.5) is 0 Å². The van der Waals surface area contributed by atoms with E-state index in [0.717, 1.165) is 0 Å². The molecule has 46 heteroatoms. The molecule has 7 rings (SSSR count). The smallest absolute Gasteiger partial charge is 0.317 e. The second kappa shape index (κ2) is 52.0. The molecule has 2 aromatic carbocycles. The van der Waals surface area contributed by atoms with Crippen LogP contribution >= 0.6 is 0 Å². The Labute approximate surface area is 720 Å². The predicted molar refractivity (Wildman–Crippen MR) is 444 cm³/mol. The van der Waals surface area contributed by atoms with Gasteiger partial charge in [-0.15, -0.1) is 0 Å². The van der Waals surface area contributed by atoms with E-state index < -0.39 is 220 Å². The highest BCUT2D eigenvalue weighted by atomic mass is 16.4. The van der Waals surface area contributed by atoms with Crippen LogP contribution in [0.25, 0.3) is 0 Å². The van der Waals surface area contributed by atoms with Crippen LogP contribution in [0.2, 0.25) is 0 Å². The number of carbonyl (C=O) groups excluding carboxylic acids is 13. The summed E-state index contributed by atoms with van der Waals surface area (Å²) in [5.74, 6) is -17.7. The molecule has 5 unspecified atom stereocenters. The molecule has 125 heavy (non-hydrogen) atoms. The minimum Gasteiger partial charge on any atom is -0.481 e. The number of nitrogens with zero attached hydrogens (tertiary/aromatic N) is 6. The zero-order valence-corrected chi connectivity index (χ0v) is 69.5. The van der Waals surface area contributed by atoms with Crippen LogP contribution in [0, 0.1) is 0 Å². The number of aliphatic imine (C=N–C) groups is 2. The highest BCUT2D eigenvalue weighted by Gasteiger charge is 2.38. The average molecular weight is 1760 g/mol. The average Bonchev–Trinajstić information content (AvgIpc) is 1.84. The first-order chi connectivity index (χ1) is 59.7. The highest BCUT2D eigenvalue weighted by molar-refractivity contribution is 6.00. The maximum absolute atomic E-state index is 14.7. The predicted octanol–water partition coefficient (Wildman–Crippen LogP) is -8.21. The first kappa shape index (κ1) is 99.4. The molecule has 0 saturated carbocycles. The summed E-state index contributed by atoms with van der Waals surface area (Å²) >= 11 is 0. The lowest BCUT2D eigenvalue weighted by atomic mass is 10.0. The molecule has 24 N–H and O–H groups in total. The van der Waals surface area contributed by atoms with Gasteiger partial charge in [0.25, 0.3) is 0 Å². The third-order valence-corrected chi connectivity index (χ3v) is 21.2. The van der Waals surface area contributed by atoms with Crippen molar-refractivity contribution in [3.63, 3.8) is 0 Å². The van der Waals surface area contributed by atoms with Gasteiger partial charge < -0.3 is 117 Å². The number of carboxylic acid groups (broad SMARTS) is 5. The summed E-state index contributed by atoms with van der Waals surface area (Å²) in [7, 11) is 0. The third-order valence-electron chi connectivity index (χ3n) is 21.2. The first-order valence-electron chi connectivity index (χ1n) is 41.7. The summed E-state index contributed by atoms with van der Waals surface area (Å²) in [6.07, 6.45) is -1.63. The molecule has 3 fully saturated rings. The lowest BCUT2D eigenvalue weighted by molar-refractivity contribution is -0.141. The van der Waals surface area contributed by atoms with Gasteiger partial charge in [-0.3, -0.25) is 116 Å². The maximum Gasteiger partial charge on any atom is 0.317 e. The molecule has 5 aliphatic heterocycles. The van der Waals surface area contributed by atoms with Crippen molar-refractivity contribution >= 4 is 119 Å². The molecule has 5 heterocycles. The largest absolute Gasteiger partial charge is 0.481 e. The van der Waals surface area contributed by atoms with E-state index in [1.807, 2.05) is 0 Å². The van der Waals surface area contributed by atoms with Crippen LogP contribution in [0.5, 0.6) is 0 Å². The quantitative estimate of drug-likeness (QED) is 0.0279. The Morgan fingerprint density at radius 3 is 1.10 bits per heavy atom. The van der Waals surface area contributed by atoms with Crippen molar-refractivity contribution in [3.05, 3.63) is 71.8 Å². The van der Waals surface area contributed by atoms with Crippen molar-refractivity contribution in [1.82, 2.24) is 99.4 Å². The summed E-state index contributed by atoms with van der Waals surface area (Å²) in [6, 6.07) is 2.57. The Bertz CT molecular complexity index is 4120. The monoisotopic (exact) mass is 1760 g/mol. The van der Waals surface area contributed by atoms with Crippen molar-refractivity contribution in [2.24, 2.45) is 21.5 Å². The molecule has 11 atom stereocenters. The van der Waals surface area contributed by atoms with Crippen molar-refractivity contribution < 1.29 is 112 Å². The number of carbonyl (C=O) groups is 18. The first-order valence-corrected chi connectivity index (χ1v) is 41.7. The van der Waals surface area contributed by atoms with E-state index in [2.05, 4.69) is 89.7 Å². The molecule has 13 amide bonds. The normalized spacial score (nSPS) is 23.5. The van der Waals surface area contributed by atoms with Gasteiger partial charge in [0, 0.05) is 110 Å². The van der Waals surface area contributed by atoms with E-state index in [1.165, 1.54) is 0 Å². The number of amides is 13. The van der Waals surface area contributed by atoms with Crippen LogP contribution in [-0.2, 0) is 99.1 Å². The van der Waals surface area contributed by atoms with Gasteiger partial charge in [0.15, 0.2) is 11.9 Å². The molecule has 5 aliphatic rings. The standard InChI is InChI=1S/C79H117N23O23/c80-78-84-27-23-49(88-78)17-19-54-70(118)86-41-61(104)91-58(39-64(107)108)76(124)97-56(37-47-11-3-1-4-12-47)74(122)93-51(72(120)95-54)15-7-9-25-82-60(103)22-21-53(90-63(106)43-99-29-31-100(44-66(111)112)33-35-102(46-68(115)116)36-34-101(32-30-99)45-67(113)114)69(117)83-26-10-8-16-52-73(121)96-55(20-18-50-24-28-85-79(81)89-50)71(119)87-42-62(105)92-59(40-65(109)110)77(125)98-57(75(123)94-52)38-48-13-5-2-6-14-48/h1-6,11-14,49-59H,7-10,15-46H2,(H,82,103)(H,83,117)(H,86,118)(H,87,119)(H,90,106)(H,91,104)(H,92,105)(H,93,122)(H,94,123)(H,95,120)(H,96,121)(H,97,124)(H,98,125)(H,107,108)(H,109,110)(H,111,112)(H,113,114)(H,115,116)(H3,80,84,88)(H3,81,85,89)/t49?,50?,51-,52?,53-,54-,55-,56?,57?,58-,59-/m0/s1. The van der Waals surface area contributed by atoms with E-state index in [1.54, 1.807) is 80.3 Å². The Kier molecular flexibility index (Phi) is 41.4. The summed E-state index contributed by atoms with van der Waals surface area (Å²) in [5, 5.41) is 88.6. The van der Waals surface area contributed by atoms with Crippen LogP contribution in [0.15, 0.2) is 70.6 Å². The summed E-state index contributed by atoms with van der Waals surface area (Å²) in [4.78, 5) is 259. The van der Waals surface area contributed by atoms with E-state index >= 15 is 0 Å². The number of unbranched alkanes of at least 4 members (excludes halogenated alkanes) is 2. The third kappa shape index (κ3) is 37.5. The number of carboxylic acids is 5. The van der Waals surface area contributed by atoms with E-state index in [0.29, 0.717) is 37.1 Å². The SMILES string of the molecule is NC1=NCCC(CC[C@@H]2NC(=O)C(CCCCNC(=O)[C@H](CCC(=O)NCCCC[C@@H]3NC(=O)C(Cc4ccccc4)NC(=O)[C@H](CC(=O)O)NC(=O)CNC(=O)[C@H](CCC4CCN=C(N)N4)NC3=O)NC(=O)CN3CCN(CC(=O)O)CCN(CC(=O)O)CCN(CC(=O)O)CC3)NC(=O)C(Cc3ccccc3)NC(=O)[C@H](CC(=O)O)NC(=O)CNC2=O)N1. The van der Waals surface area contributed by atoms with Gasteiger partial charge >= 0.3 is 29.8 Å². The zero-order valence-electron chi connectivity index (χ0n) is 69.5. The molecule has 0 bridgehead atoms. The molecule has 0 aromatic heterocycles. The minimum atomic E-state index is -1.74. The molecule has 3 saturated heterocycles. The summed E-state index contributed by atoms with van der Waals surface area (Å²) in [6.45, 7) is -2.46. The van der Waals surface area contributed by atoms with Gasteiger partial charge in [-0.25, -0.2) is 0 Å². The maximum atomic E-state index is 14.7. The van der Waals surface area contributed by atoms with E-state index in [-0.39, 0.29) is 173 Å². The van der Waals surface area contributed by atoms with Crippen LogP contribution in [0.3, 0.4) is 0 Å². The number of aliphatic carboxylic acids is 5. The van der Waals surface area contributed by atoms with Gasteiger partial charge in [0.2, 0.25) is 76.8 Å². The molecular formula is C79H117N23O23. The van der Waals surface area contributed by atoms with Crippen molar-refractivity contribution in [1.29, 1.82) is 0 Å². The van der Waals surface area contributed by atoms with Gasteiger partial charge in [0.1, 0.15) is 54.4 Å². The Hall–Kier alpha value is -12.7. The van der Waals surface area contributed by atoms with Gasteiger partial charge in [0.05, 0.1) is 52.1 Å². The molecule has 0 aliphatic carbocycles. The van der Waals surface area contributed by atoms with Gasteiger partial charge in [-0.2, -0.15) is 0 Å². The number of rotatable bonds is 37. The number of nitrogens with two attached hydrogens (primary N) is 2. The Morgan fingerprint density at radius 2 is 0.728 bits per heavy atom. The fourth-order valence-corrected chi connectivity index (χ4v) is 14.5. The zero-order chi connectivity index (χ0) is 90.9. The lowest BCUT2D eigenvalue weighted by Crippen LogP contribution is -2.58. The fourth-order valence-electron chi connectivity index (χ4n) is 14.5. The minimum absolute atomic E-state index is 0.00945. The molecule has 0 radical (unpaired) electrons. The van der Waals surface area contributed by atoms with Crippen molar-refractivity contribution in [3.8, 4) is 0 Å². The number of hydrogen-bond acceptors (Lipinski definition) is 28. The highest BCUT2D eigenvalue weighted by Crippen LogP contribution is 2.17. The summed E-state index contributed by atoms with van der Waals surface area (Å²) in [5.41, 5.74) is 12.9. The number of benzene rings is 2. The number of hydrogen-bond donors (Lipinski definition) is 22. The fraction of sp³-hybridized carbons (Fsp3) is 0.595. The molecule has 46 nitrogen and oxygen atoms in total. The van der Waals surface area contributed by atoms with Crippen molar-refractivity contribution in [2.45, 2.75) is 182 Å². The van der Waals surface area contributed by atoms with Crippen LogP contribution in [-0.4, -0.2) is 348 Å². The number of guanidine groups is 2. The molecule has 686 valence electrons. The van der Waals surface area contributed by atoms with E-state index in [9.17, 15) is 112 Å². The van der Waals surface area contributed by atoms with Crippen LogP contribution in [0.1, 0.15) is 114 Å². The summed E-state index contributed by atoms with van der Waals surface area (Å²) < 4.78 is 0. The topological polar surface area (TPSA) is 679 Å². The second-order valence-electron chi connectivity index (χ2n) is 31.1.